The van der Waals surface area contributed by atoms with Gasteiger partial charge in [0.05, 0.1) is 5.75 Å². The Balaban J connectivity index is 1.82. The number of nitrogens with one attached hydrogen (secondary N) is 1. The molecule has 1 aromatic rings. The molecule has 1 aliphatic carbocycles. The Morgan fingerprint density at radius 2 is 1.89 bits per heavy atom. The Hall–Kier alpha value is -1.60. The highest BCUT2D eigenvalue weighted by Crippen LogP contribution is 2.46. The molecule has 27 heavy (non-hydrogen) atoms. The summed E-state index contributed by atoms with van der Waals surface area (Å²) in [5.74, 6) is 0.0307. The van der Waals surface area contributed by atoms with Gasteiger partial charge in [-0.3, -0.25) is 4.99 Å². The molecule has 3 N–H and O–H groups in total. The van der Waals surface area contributed by atoms with Crippen molar-refractivity contribution in [3.05, 3.63) is 23.3 Å². The van der Waals surface area contributed by atoms with Gasteiger partial charge in [0.15, 0.2) is 0 Å². The molecule has 1 aromatic carbocycles. The molecule has 6 nitrogen and oxygen atoms in total. The first-order valence-corrected chi connectivity index (χ1v) is 11.5. The third kappa shape index (κ3) is 4.63. The van der Waals surface area contributed by atoms with E-state index < -0.39 is 10.0 Å². The maximum Gasteiger partial charge on any atom is 0.211 e. The van der Waals surface area contributed by atoms with Gasteiger partial charge in [0.25, 0.3) is 0 Å². The Kier molecular flexibility index (Phi) is 6.11. The number of hydrogen-bond acceptors (Lipinski definition) is 5. The molecule has 3 rings (SSSR count). The molecule has 0 unspecified atom stereocenters. The number of aliphatic imine (C=N–C) groups is 1. The number of nitrogens with zero attached hydrogens (tertiary/aromatic N) is 2. The molecule has 1 spiro atoms. The van der Waals surface area contributed by atoms with E-state index in [0.29, 0.717) is 17.5 Å². The highest BCUT2D eigenvalue weighted by molar-refractivity contribution is 7.89. The molecule has 1 saturated carbocycles. The van der Waals surface area contributed by atoms with Gasteiger partial charge >= 0.3 is 0 Å². The fourth-order valence-corrected chi connectivity index (χ4v) is 5.26. The minimum Gasteiger partial charge on any atom is -0.398 e. The molecule has 1 heterocycles. The van der Waals surface area contributed by atoms with Crippen LogP contribution in [0.4, 0.5) is 11.4 Å². The Morgan fingerprint density at radius 3 is 2.48 bits per heavy atom. The number of nitrogen functional groups attached to an aromatic ring is 1. The third-order valence-corrected chi connectivity index (χ3v) is 7.72. The quantitative estimate of drug-likeness (QED) is 0.575. The molecular formula is C20H32N4O2S. The van der Waals surface area contributed by atoms with Crippen molar-refractivity contribution in [3.63, 3.8) is 0 Å². The first-order chi connectivity index (χ1) is 12.9. The minimum atomic E-state index is -3.27. The molecule has 1 saturated heterocycles. The number of hydrogen-bond donors (Lipinski definition) is 2. The molecule has 7 heteroatoms. The zero-order valence-corrected chi connectivity index (χ0v) is 17.3. The average Bonchev–Trinajstić information content (AvgIpc) is 3.11. The van der Waals surface area contributed by atoms with Crippen molar-refractivity contribution >= 4 is 27.6 Å². The van der Waals surface area contributed by atoms with Crippen LogP contribution < -0.4 is 15.4 Å². The van der Waals surface area contributed by atoms with Crippen molar-refractivity contribution < 1.29 is 8.42 Å². The lowest BCUT2D eigenvalue weighted by Gasteiger charge is -2.40. The SMILES string of the molecule is CN=Cc1cc(N2CCC3(CCCC3)CC2)cc(CCS(=O)(=O)NC)c1N. The summed E-state index contributed by atoms with van der Waals surface area (Å²) < 4.78 is 26.0. The fourth-order valence-electron chi connectivity index (χ4n) is 4.57. The second-order valence-corrected chi connectivity index (χ2v) is 10.0. The van der Waals surface area contributed by atoms with Crippen LogP contribution >= 0.6 is 0 Å². The van der Waals surface area contributed by atoms with Crippen LogP contribution in [0.3, 0.4) is 0 Å². The van der Waals surface area contributed by atoms with E-state index in [1.165, 1.54) is 45.6 Å². The van der Waals surface area contributed by atoms with Crippen molar-refractivity contribution in [1.29, 1.82) is 0 Å². The zero-order chi connectivity index (χ0) is 19.5. The molecule has 0 amide bonds. The number of rotatable bonds is 6. The van der Waals surface area contributed by atoms with Crippen molar-refractivity contribution in [1.82, 2.24) is 4.72 Å². The van der Waals surface area contributed by atoms with Gasteiger partial charge in [-0.15, -0.1) is 0 Å². The standard InChI is InChI=1S/C20H32N4O2S/c1-22-15-17-14-18(13-16(19(17)21)5-12-27(25,26)23-2)24-10-8-20(9-11-24)6-3-4-7-20/h13-15,23H,3-12,21H2,1-2H3. The monoisotopic (exact) mass is 392 g/mol. The third-order valence-electron chi connectivity index (χ3n) is 6.36. The van der Waals surface area contributed by atoms with Gasteiger partial charge in [-0.25, -0.2) is 13.1 Å². The second kappa shape index (κ2) is 8.19. The van der Waals surface area contributed by atoms with E-state index in [-0.39, 0.29) is 5.75 Å². The Bertz CT molecular complexity index is 788. The topological polar surface area (TPSA) is 87.8 Å². The van der Waals surface area contributed by atoms with Crippen LogP contribution in [-0.4, -0.2) is 47.6 Å². The van der Waals surface area contributed by atoms with E-state index in [9.17, 15) is 8.42 Å². The van der Waals surface area contributed by atoms with Crippen LogP contribution in [-0.2, 0) is 16.4 Å². The van der Waals surface area contributed by atoms with Gasteiger partial charge in [-0.05, 0) is 62.3 Å². The normalized spacial score (nSPS) is 20.0. The summed E-state index contributed by atoms with van der Waals surface area (Å²) in [6.07, 6.45) is 10.2. The predicted octanol–water partition coefficient (Wildman–Crippen LogP) is 2.57. The zero-order valence-electron chi connectivity index (χ0n) is 16.5. The summed E-state index contributed by atoms with van der Waals surface area (Å²) in [5, 5.41) is 0. The molecule has 2 aliphatic rings. The van der Waals surface area contributed by atoms with Crippen LogP contribution in [0.1, 0.15) is 49.7 Å². The molecule has 0 aromatic heterocycles. The van der Waals surface area contributed by atoms with E-state index in [4.69, 9.17) is 5.73 Å². The lowest BCUT2D eigenvalue weighted by atomic mass is 9.77. The largest absolute Gasteiger partial charge is 0.398 e. The Morgan fingerprint density at radius 1 is 1.22 bits per heavy atom. The van der Waals surface area contributed by atoms with Crippen LogP contribution in [0, 0.1) is 5.41 Å². The number of sulfonamides is 1. The summed E-state index contributed by atoms with van der Waals surface area (Å²) in [7, 11) is -0.0998. The van der Waals surface area contributed by atoms with Gasteiger partial charge in [-0.1, -0.05) is 12.8 Å². The lowest BCUT2D eigenvalue weighted by molar-refractivity contribution is 0.226. The first kappa shape index (κ1) is 20.1. The highest BCUT2D eigenvalue weighted by Gasteiger charge is 2.37. The van der Waals surface area contributed by atoms with Crippen LogP contribution in [0.15, 0.2) is 17.1 Å². The Labute approximate surface area is 163 Å². The van der Waals surface area contributed by atoms with Gasteiger partial charge in [0.1, 0.15) is 0 Å². The first-order valence-electron chi connectivity index (χ1n) is 9.89. The molecular weight excluding hydrogens is 360 g/mol. The summed E-state index contributed by atoms with van der Waals surface area (Å²) in [5.41, 5.74) is 10.4. The summed E-state index contributed by atoms with van der Waals surface area (Å²) >= 11 is 0. The lowest BCUT2D eigenvalue weighted by Crippen LogP contribution is -2.39. The van der Waals surface area contributed by atoms with Gasteiger partial charge in [0, 0.05) is 43.3 Å². The number of benzene rings is 1. The number of anilines is 2. The average molecular weight is 393 g/mol. The molecule has 2 fully saturated rings. The highest BCUT2D eigenvalue weighted by atomic mass is 32.2. The van der Waals surface area contributed by atoms with Gasteiger partial charge in [-0.2, -0.15) is 0 Å². The number of aryl methyl sites for hydroxylation is 1. The molecule has 150 valence electrons. The van der Waals surface area contributed by atoms with Gasteiger partial charge < -0.3 is 10.6 Å². The van der Waals surface area contributed by atoms with Crippen molar-refractivity contribution in [3.8, 4) is 0 Å². The van der Waals surface area contributed by atoms with E-state index in [1.807, 2.05) is 0 Å². The van der Waals surface area contributed by atoms with E-state index in [1.54, 1.807) is 13.3 Å². The maximum atomic E-state index is 11.8. The van der Waals surface area contributed by atoms with Crippen LogP contribution in [0.25, 0.3) is 0 Å². The maximum absolute atomic E-state index is 11.8. The molecule has 0 bridgehead atoms. The summed E-state index contributed by atoms with van der Waals surface area (Å²) in [4.78, 5) is 6.55. The summed E-state index contributed by atoms with van der Waals surface area (Å²) in [6, 6.07) is 4.16. The van der Waals surface area contributed by atoms with Crippen LogP contribution in [0.5, 0.6) is 0 Å². The van der Waals surface area contributed by atoms with E-state index in [2.05, 4.69) is 26.7 Å². The van der Waals surface area contributed by atoms with Crippen molar-refractivity contribution in [2.75, 3.05) is 43.6 Å². The number of piperidine rings is 1. The number of nitrogens with two attached hydrogens (primary N) is 1. The van der Waals surface area contributed by atoms with Crippen LogP contribution in [0.2, 0.25) is 0 Å². The van der Waals surface area contributed by atoms with E-state index in [0.717, 1.165) is 29.9 Å². The minimum absolute atomic E-state index is 0.0307. The second-order valence-electron chi connectivity index (χ2n) is 7.96. The predicted molar refractivity (Wildman–Crippen MR) is 113 cm³/mol. The van der Waals surface area contributed by atoms with E-state index >= 15 is 0 Å². The van der Waals surface area contributed by atoms with Gasteiger partial charge in [0.2, 0.25) is 10.0 Å². The molecule has 0 atom stereocenters. The molecule has 1 aliphatic heterocycles. The van der Waals surface area contributed by atoms with Crippen molar-refractivity contribution in [2.24, 2.45) is 10.4 Å². The fraction of sp³-hybridized carbons (Fsp3) is 0.650. The smallest absolute Gasteiger partial charge is 0.211 e. The summed E-state index contributed by atoms with van der Waals surface area (Å²) in [6.45, 7) is 2.11. The van der Waals surface area contributed by atoms with Crippen molar-refractivity contribution in [2.45, 2.75) is 44.9 Å². The molecule has 0 radical (unpaired) electrons.